The maximum Gasteiger partial charge on any atom is 0.435 e. The Kier molecular flexibility index (Phi) is 2.07. The Hall–Kier alpha value is -2.12. The molecular formula is C8H4F3N3O2. The molecule has 0 bridgehead atoms. The molecule has 1 aromatic carbocycles. The van der Waals surface area contributed by atoms with E-state index in [9.17, 15) is 23.3 Å². The number of nitro benzene ring substituents is 1. The first-order valence-electron chi connectivity index (χ1n) is 4.10. The highest BCUT2D eigenvalue weighted by Gasteiger charge is 2.36. The molecule has 1 heterocycles. The molecule has 0 aliphatic heterocycles. The third-order valence-electron chi connectivity index (χ3n) is 2.04. The van der Waals surface area contributed by atoms with E-state index < -0.39 is 22.5 Å². The lowest BCUT2D eigenvalue weighted by Crippen LogP contribution is -2.05. The molecule has 1 N–H and O–H groups in total. The van der Waals surface area contributed by atoms with Gasteiger partial charge in [0.1, 0.15) is 5.52 Å². The average molecular weight is 231 g/mol. The van der Waals surface area contributed by atoms with Crippen LogP contribution in [0.2, 0.25) is 0 Å². The lowest BCUT2D eigenvalue weighted by Gasteiger charge is -2.01. The zero-order valence-corrected chi connectivity index (χ0v) is 7.58. The number of non-ortho nitro benzene ring substituents is 1. The van der Waals surface area contributed by atoms with Crippen LogP contribution in [0, 0.1) is 10.1 Å². The van der Waals surface area contributed by atoms with E-state index in [1.54, 1.807) is 0 Å². The predicted octanol–water partition coefficient (Wildman–Crippen LogP) is 2.49. The number of para-hydroxylation sites is 1. The van der Waals surface area contributed by atoms with Gasteiger partial charge in [0.2, 0.25) is 0 Å². The van der Waals surface area contributed by atoms with E-state index in [1.807, 2.05) is 5.10 Å². The summed E-state index contributed by atoms with van der Waals surface area (Å²) in [6, 6.07) is 3.43. The first-order chi connectivity index (χ1) is 7.41. The number of rotatable bonds is 1. The van der Waals surface area contributed by atoms with Crippen LogP contribution in [0.4, 0.5) is 18.9 Å². The second-order valence-corrected chi connectivity index (χ2v) is 3.03. The first-order valence-corrected chi connectivity index (χ1v) is 4.10. The maximum atomic E-state index is 12.4. The van der Waals surface area contributed by atoms with Crippen molar-refractivity contribution >= 4 is 16.6 Å². The predicted molar refractivity (Wildman–Crippen MR) is 47.8 cm³/mol. The van der Waals surface area contributed by atoms with Crippen molar-refractivity contribution in [1.82, 2.24) is 10.2 Å². The van der Waals surface area contributed by atoms with Crippen molar-refractivity contribution in [2.75, 3.05) is 0 Å². The van der Waals surface area contributed by atoms with Crippen molar-refractivity contribution in [3.63, 3.8) is 0 Å². The summed E-state index contributed by atoms with van der Waals surface area (Å²) in [5.41, 5.74) is -1.80. The molecule has 5 nitrogen and oxygen atoms in total. The Bertz CT molecular complexity index is 561. The molecule has 2 aromatic rings. The van der Waals surface area contributed by atoms with Crippen molar-refractivity contribution < 1.29 is 18.1 Å². The van der Waals surface area contributed by atoms with Crippen molar-refractivity contribution in [3.8, 4) is 0 Å². The van der Waals surface area contributed by atoms with Crippen LogP contribution in [-0.2, 0) is 6.18 Å². The maximum absolute atomic E-state index is 12.4. The van der Waals surface area contributed by atoms with E-state index in [-0.39, 0.29) is 10.9 Å². The largest absolute Gasteiger partial charge is 0.435 e. The normalized spacial score (nSPS) is 11.9. The molecule has 0 aliphatic carbocycles. The van der Waals surface area contributed by atoms with Gasteiger partial charge in [-0.2, -0.15) is 18.3 Å². The molecule has 0 atom stereocenters. The van der Waals surface area contributed by atoms with E-state index in [1.165, 1.54) is 6.07 Å². The Morgan fingerprint density at radius 1 is 1.38 bits per heavy atom. The number of alkyl halides is 3. The fourth-order valence-corrected chi connectivity index (χ4v) is 1.40. The zero-order valence-electron chi connectivity index (χ0n) is 7.58. The van der Waals surface area contributed by atoms with E-state index in [0.29, 0.717) is 0 Å². The molecule has 0 saturated carbocycles. The smallest absolute Gasteiger partial charge is 0.271 e. The number of hydrogen-bond donors (Lipinski definition) is 1. The average Bonchev–Trinajstić information content (AvgIpc) is 2.59. The van der Waals surface area contributed by atoms with Crippen molar-refractivity contribution in [3.05, 3.63) is 34.0 Å². The summed E-state index contributed by atoms with van der Waals surface area (Å²) in [6.07, 6.45) is -4.63. The Labute approximate surface area is 86.0 Å². The van der Waals surface area contributed by atoms with Gasteiger partial charge in [-0.15, -0.1) is 0 Å². The van der Waals surface area contributed by atoms with Gasteiger partial charge in [0.05, 0.1) is 4.92 Å². The molecule has 0 amide bonds. The molecule has 0 saturated heterocycles. The van der Waals surface area contributed by atoms with E-state index in [4.69, 9.17) is 0 Å². The highest BCUT2D eigenvalue weighted by molar-refractivity contribution is 5.89. The standard InChI is InChI=1S/C8H4F3N3O2/c9-8(10,11)7-4-2-1-3-5(14(15)16)6(4)12-13-7/h1-3H,(H,12,13). The van der Waals surface area contributed by atoms with Gasteiger partial charge in [-0.25, -0.2) is 0 Å². The van der Waals surface area contributed by atoms with Crippen LogP contribution >= 0.6 is 0 Å². The topological polar surface area (TPSA) is 71.8 Å². The van der Waals surface area contributed by atoms with Gasteiger partial charge in [0.15, 0.2) is 5.69 Å². The number of aromatic nitrogens is 2. The molecule has 0 aliphatic rings. The monoisotopic (exact) mass is 231 g/mol. The number of fused-ring (bicyclic) bond motifs is 1. The molecule has 84 valence electrons. The number of benzene rings is 1. The number of aromatic amines is 1. The molecule has 1 aromatic heterocycles. The van der Waals surface area contributed by atoms with Crippen LogP contribution in [0.25, 0.3) is 10.9 Å². The van der Waals surface area contributed by atoms with Gasteiger partial charge in [-0.3, -0.25) is 15.2 Å². The minimum atomic E-state index is -4.63. The number of nitro groups is 1. The Balaban J connectivity index is 2.76. The molecule has 2 rings (SSSR count). The summed E-state index contributed by atoms with van der Waals surface area (Å²) in [5.74, 6) is 0. The quantitative estimate of drug-likeness (QED) is 0.605. The van der Waals surface area contributed by atoms with Crippen molar-refractivity contribution in [1.29, 1.82) is 0 Å². The summed E-state index contributed by atoms with van der Waals surface area (Å²) in [5, 5.41) is 15.3. The number of hydrogen-bond acceptors (Lipinski definition) is 3. The third kappa shape index (κ3) is 1.47. The summed E-state index contributed by atoms with van der Waals surface area (Å²) in [4.78, 5) is 9.79. The number of nitrogens with one attached hydrogen (secondary N) is 1. The van der Waals surface area contributed by atoms with Gasteiger partial charge in [-0.05, 0) is 0 Å². The van der Waals surface area contributed by atoms with Crippen LogP contribution in [0.1, 0.15) is 5.69 Å². The zero-order chi connectivity index (χ0) is 11.9. The SMILES string of the molecule is O=[N+]([O-])c1cccc2c(C(F)(F)F)n[nH]c12. The van der Waals surface area contributed by atoms with Crippen LogP contribution in [0.5, 0.6) is 0 Å². The molecule has 0 fully saturated rings. The number of nitrogens with zero attached hydrogens (tertiary/aromatic N) is 2. The highest BCUT2D eigenvalue weighted by Crippen LogP contribution is 2.35. The van der Waals surface area contributed by atoms with Gasteiger partial charge >= 0.3 is 6.18 Å². The Morgan fingerprint density at radius 2 is 2.06 bits per heavy atom. The lowest BCUT2D eigenvalue weighted by atomic mass is 10.2. The second kappa shape index (κ2) is 3.19. The fraction of sp³-hybridized carbons (Fsp3) is 0.125. The van der Waals surface area contributed by atoms with E-state index >= 15 is 0 Å². The number of H-pyrrole nitrogens is 1. The highest BCUT2D eigenvalue weighted by atomic mass is 19.4. The molecule has 8 heteroatoms. The summed E-state index contributed by atoms with van der Waals surface area (Å²) in [7, 11) is 0. The Morgan fingerprint density at radius 3 is 2.62 bits per heavy atom. The molecule has 0 unspecified atom stereocenters. The first kappa shape index (κ1) is 10.4. The van der Waals surface area contributed by atoms with E-state index in [2.05, 4.69) is 5.10 Å². The van der Waals surface area contributed by atoms with Crippen molar-refractivity contribution in [2.45, 2.75) is 6.18 Å². The summed E-state index contributed by atoms with van der Waals surface area (Å²) in [6.45, 7) is 0. The van der Waals surface area contributed by atoms with Crippen LogP contribution in [-0.4, -0.2) is 15.1 Å². The van der Waals surface area contributed by atoms with Gasteiger partial charge in [0.25, 0.3) is 5.69 Å². The second-order valence-electron chi connectivity index (χ2n) is 3.03. The fourth-order valence-electron chi connectivity index (χ4n) is 1.40. The molecule has 16 heavy (non-hydrogen) atoms. The minimum absolute atomic E-state index is 0.222. The van der Waals surface area contributed by atoms with Crippen LogP contribution in [0.15, 0.2) is 18.2 Å². The molecule has 0 radical (unpaired) electrons. The minimum Gasteiger partial charge on any atom is -0.271 e. The number of halogens is 3. The van der Waals surface area contributed by atoms with Gasteiger partial charge < -0.3 is 0 Å². The van der Waals surface area contributed by atoms with Gasteiger partial charge in [-0.1, -0.05) is 12.1 Å². The lowest BCUT2D eigenvalue weighted by molar-refractivity contribution is -0.383. The van der Waals surface area contributed by atoms with E-state index in [0.717, 1.165) is 12.1 Å². The molecule has 0 spiro atoms. The van der Waals surface area contributed by atoms with Crippen LogP contribution < -0.4 is 0 Å². The van der Waals surface area contributed by atoms with Crippen molar-refractivity contribution in [2.24, 2.45) is 0 Å². The van der Waals surface area contributed by atoms with Gasteiger partial charge in [0, 0.05) is 11.5 Å². The third-order valence-corrected chi connectivity index (χ3v) is 2.04. The summed E-state index contributed by atoms with van der Waals surface area (Å²) >= 11 is 0. The van der Waals surface area contributed by atoms with Crippen LogP contribution in [0.3, 0.4) is 0 Å². The summed E-state index contributed by atoms with van der Waals surface area (Å²) < 4.78 is 37.3. The molecular weight excluding hydrogens is 227 g/mol.